The standard InChI is InChI=1S/C22H19N7O2/c1-13-20(14(2)29(27-13)11-16-8-7-15(9-23)10-25-16)26-21(30)18-12-28(22(24)31)19-6-4-3-5-17(18)19/h3-8,10,12H,11H2,1-2H3,(H2,24,31)(H,26,30). The van der Waals surface area contributed by atoms with Crippen LogP contribution < -0.4 is 11.1 Å². The van der Waals surface area contributed by atoms with Crippen molar-refractivity contribution < 1.29 is 9.59 Å². The van der Waals surface area contributed by atoms with Crippen molar-refractivity contribution >= 4 is 28.5 Å². The summed E-state index contributed by atoms with van der Waals surface area (Å²) in [5.74, 6) is -0.363. The van der Waals surface area contributed by atoms with Crippen LogP contribution in [0.5, 0.6) is 0 Å². The Labute approximate surface area is 177 Å². The Balaban J connectivity index is 1.63. The van der Waals surface area contributed by atoms with E-state index in [4.69, 9.17) is 11.0 Å². The molecule has 0 bridgehead atoms. The second-order valence-corrected chi connectivity index (χ2v) is 7.08. The first-order valence-electron chi connectivity index (χ1n) is 9.49. The number of nitriles is 1. The number of nitrogens with one attached hydrogen (secondary N) is 1. The molecule has 1 aromatic carbocycles. The first-order chi connectivity index (χ1) is 14.9. The van der Waals surface area contributed by atoms with Crippen LogP contribution in [0.15, 0.2) is 48.8 Å². The van der Waals surface area contributed by atoms with Crippen molar-refractivity contribution in [2.75, 3.05) is 5.32 Å². The smallest absolute Gasteiger partial charge is 0.323 e. The van der Waals surface area contributed by atoms with Crippen LogP contribution in [0.3, 0.4) is 0 Å². The van der Waals surface area contributed by atoms with Gasteiger partial charge in [-0.3, -0.25) is 19.0 Å². The molecular weight excluding hydrogens is 394 g/mol. The second-order valence-electron chi connectivity index (χ2n) is 7.08. The zero-order valence-electron chi connectivity index (χ0n) is 17.0. The highest BCUT2D eigenvalue weighted by Crippen LogP contribution is 2.25. The fraction of sp³-hybridized carbons (Fsp3) is 0.136. The van der Waals surface area contributed by atoms with Crippen LogP contribution in [0.2, 0.25) is 0 Å². The molecule has 4 rings (SSSR count). The third-order valence-electron chi connectivity index (χ3n) is 5.08. The average molecular weight is 413 g/mol. The lowest BCUT2D eigenvalue weighted by molar-refractivity contribution is 0.102. The number of aryl methyl sites for hydroxylation is 1. The number of aromatic nitrogens is 4. The van der Waals surface area contributed by atoms with Gasteiger partial charge in [-0.25, -0.2) is 4.79 Å². The molecule has 0 spiro atoms. The van der Waals surface area contributed by atoms with Gasteiger partial charge < -0.3 is 11.1 Å². The van der Waals surface area contributed by atoms with Gasteiger partial charge in [-0.2, -0.15) is 10.4 Å². The van der Waals surface area contributed by atoms with Gasteiger partial charge in [0.2, 0.25) is 0 Å². The lowest BCUT2D eigenvalue weighted by Crippen LogP contribution is -2.18. The van der Waals surface area contributed by atoms with Gasteiger partial charge in [0.1, 0.15) is 6.07 Å². The highest BCUT2D eigenvalue weighted by molar-refractivity contribution is 6.14. The zero-order chi connectivity index (χ0) is 22.1. The first-order valence-corrected chi connectivity index (χ1v) is 9.49. The molecule has 154 valence electrons. The quantitative estimate of drug-likeness (QED) is 0.531. The first kappa shape index (κ1) is 19.8. The maximum Gasteiger partial charge on any atom is 0.323 e. The number of amides is 2. The number of nitrogens with zero attached hydrogens (tertiary/aromatic N) is 5. The fourth-order valence-electron chi connectivity index (χ4n) is 3.49. The molecule has 9 heteroatoms. The highest BCUT2D eigenvalue weighted by atomic mass is 16.2. The minimum Gasteiger partial charge on any atom is -0.351 e. The molecule has 31 heavy (non-hydrogen) atoms. The Hall–Kier alpha value is -4.45. The van der Waals surface area contributed by atoms with Crippen LogP contribution >= 0.6 is 0 Å². The van der Waals surface area contributed by atoms with Crippen LogP contribution in [-0.4, -0.2) is 31.3 Å². The maximum atomic E-state index is 13.0. The van der Waals surface area contributed by atoms with Gasteiger partial charge in [0, 0.05) is 17.8 Å². The predicted molar refractivity (Wildman–Crippen MR) is 115 cm³/mol. The lowest BCUT2D eigenvalue weighted by atomic mass is 10.1. The van der Waals surface area contributed by atoms with Crippen LogP contribution in [-0.2, 0) is 6.54 Å². The summed E-state index contributed by atoms with van der Waals surface area (Å²) in [7, 11) is 0. The summed E-state index contributed by atoms with van der Waals surface area (Å²) >= 11 is 0. The Bertz CT molecular complexity index is 1360. The summed E-state index contributed by atoms with van der Waals surface area (Å²) in [6, 6.07) is 11.9. The largest absolute Gasteiger partial charge is 0.351 e. The summed E-state index contributed by atoms with van der Waals surface area (Å²) in [5.41, 5.74) is 9.58. The summed E-state index contributed by atoms with van der Waals surface area (Å²) in [6.07, 6.45) is 2.95. The van der Waals surface area contributed by atoms with E-state index in [0.717, 1.165) is 11.4 Å². The number of carbonyl (C=O) groups is 2. The number of carbonyl (C=O) groups excluding carboxylic acids is 2. The van der Waals surface area contributed by atoms with Crippen molar-refractivity contribution in [1.29, 1.82) is 5.26 Å². The fourth-order valence-corrected chi connectivity index (χ4v) is 3.49. The van der Waals surface area contributed by atoms with Crippen molar-refractivity contribution in [3.05, 3.63) is 77.0 Å². The second kappa shape index (κ2) is 7.76. The lowest BCUT2D eigenvalue weighted by Gasteiger charge is -2.07. The number of rotatable bonds is 4. The summed E-state index contributed by atoms with van der Waals surface area (Å²) in [4.78, 5) is 29.1. The number of primary amides is 1. The summed E-state index contributed by atoms with van der Waals surface area (Å²) < 4.78 is 3.00. The molecule has 2 amide bonds. The van der Waals surface area contributed by atoms with Gasteiger partial charge in [-0.15, -0.1) is 0 Å². The van der Waals surface area contributed by atoms with Gasteiger partial charge in [0.05, 0.1) is 46.0 Å². The van der Waals surface area contributed by atoms with Crippen molar-refractivity contribution in [2.24, 2.45) is 5.73 Å². The van der Waals surface area contributed by atoms with E-state index >= 15 is 0 Å². The number of para-hydroxylation sites is 1. The molecule has 0 saturated carbocycles. The van der Waals surface area contributed by atoms with E-state index in [1.165, 1.54) is 17.0 Å². The van der Waals surface area contributed by atoms with Gasteiger partial charge in [-0.1, -0.05) is 18.2 Å². The number of anilines is 1. The molecule has 0 fully saturated rings. The topological polar surface area (TPSA) is 132 Å². The number of benzene rings is 1. The molecule has 0 unspecified atom stereocenters. The van der Waals surface area contributed by atoms with Crippen LogP contribution in [0.1, 0.15) is 33.0 Å². The normalized spacial score (nSPS) is 10.7. The van der Waals surface area contributed by atoms with E-state index in [2.05, 4.69) is 15.4 Å². The predicted octanol–water partition coefficient (Wildman–Crippen LogP) is 2.95. The molecule has 3 N–H and O–H groups in total. The highest BCUT2D eigenvalue weighted by Gasteiger charge is 2.20. The zero-order valence-corrected chi connectivity index (χ0v) is 17.0. The van der Waals surface area contributed by atoms with E-state index < -0.39 is 6.03 Å². The van der Waals surface area contributed by atoms with E-state index in [0.29, 0.717) is 40.0 Å². The van der Waals surface area contributed by atoms with Crippen LogP contribution in [0, 0.1) is 25.2 Å². The van der Waals surface area contributed by atoms with E-state index in [9.17, 15) is 9.59 Å². The van der Waals surface area contributed by atoms with Gasteiger partial charge in [-0.05, 0) is 32.0 Å². The Morgan fingerprint density at radius 2 is 1.97 bits per heavy atom. The third-order valence-corrected chi connectivity index (χ3v) is 5.08. The van der Waals surface area contributed by atoms with Crippen molar-refractivity contribution in [2.45, 2.75) is 20.4 Å². The molecule has 0 aliphatic rings. The maximum absolute atomic E-state index is 13.0. The monoisotopic (exact) mass is 413 g/mol. The minimum absolute atomic E-state index is 0.342. The van der Waals surface area contributed by atoms with E-state index in [1.54, 1.807) is 48.0 Å². The molecule has 0 saturated heterocycles. The summed E-state index contributed by atoms with van der Waals surface area (Å²) in [6.45, 7) is 4.05. The van der Waals surface area contributed by atoms with Crippen LogP contribution in [0.25, 0.3) is 10.9 Å². The molecule has 4 aromatic rings. The van der Waals surface area contributed by atoms with Crippen molar-refractivity contribution in [3.63, 3.8) is 0 Å². The summed E-state index contributed by atoms with van der Waals surface area (Å²) in [5, 5.41) is 17.0. The van der Waals surface area contributed by atoms with Gasteiger partial charge in [0.25, 0.3) is 5.91 Å². The van der Waals surface area contributed by atoms with Crippen molar-refractivity contribution in [3.8, 4) is 6.07 Å². The van der Waals surface area contributed by atoms with Gasteiger partial charge >= 0.3 is 6.03 Å². The molecule has 3 aromatic heterocycles. The molecule has 9 nitrogen and oxygen atoms in total. The van der Waals surface area contributed by atoms with E-state index in [1.807, 2.05) is 13.0 Å². The molecule has 0 aliphatic heterocycles. The molecule has 3 heterocycles. The van der Waals surface area contributed by atoms with Crippen LogP contribution in [0.4, 0.5) is 10.5 Å². The van der Waals surface area contributed by atoms with Gasteiger partial charge in [0.15, 0.2) is 0 Å². The molecule has 0 aliphatic carbocycles. The molecular formula is C22H19N7O2. The number of hydrogen-bond acceptors (Lipinski definition) is 5. The number of pyridine rings is 1. The Morgan fingerprint density at radius 3 is 2.65 bits per heavy atom. The van der Waals surface area contributed by atoms with E-state index in [-0.39, 0.29) is 5.91 Å². The number of nitrogens with two attached hydrogens (primary N) is 1. The average Bonchev–Trinajstić information content (AvgIpc) is 3.28. The molecule has 0 radical (unpaired) electrons. The van der Waals surface area contributed by atoms with Crippen molar-refractivity contribution in [1.82, 2.24) is 19.3 Å². The third kappa shape index (κ3) is 3.62. The number of fused-ring (bicyclic) bond motifs is 1. The Kier molecular flexibility index (Phi) is 4.97. The number of hydrogen-bond donors (Lipinski definition) is 2. The Morgan fingerprint density at radius 1 is 1.19 bits per heavy atom. The SMILES string of the molecule is Cc1nn(Cc2ccc(C#N)cn2)c(C)c1NC(=O)c1cn(C(N)=O)c2ccccc12. The molecule has 0 atom stereocenters. The minimum atomic E-state index is -0.662.